The molecule has 0 aliphatic carbocycles. The van der Waals surface area contributed by atoms with Crippen LogP contribution in [0.2, 0.25) is 5.02 Å². The van der Waals surface area contributed by atoms with Gasteiger partial charge in [-0.05, 0) is 18.6 Å². The number of nitriles is 1. The Morgan fingerprint density at radius 1 is 1.27 bits per heavy atom. The van der Waals surface area contributed by atoms with Gasteiger partial charge in [-0.3, -0.25) is 0 Å². The van der Waals surface area contributed by atoms with Crippen LogP contribution in [0.15, 0.2) is 18.2 Å². The predicted molar refractivity (Wildman–Crippen MR) is 131 cm³/mol. The molecule has 168 valence electrons. The quantitative estimate of drug-likeness (QED) is 0.444. The Bertz CT molecular complexity index is 1460. The lowest BCUT2D eigenvalue weighted by Gasteiger charge is -2.31. The van der Waals surface area contributed by atoms with E-state index in [1.165, 1.54) is 18.4 Å². The van der Waals surface area contributed by atoms with Crippen molar-refractivity contribution in [1.29, 1.82) is 5.26 Å². The first kappa shape index (κ1) is 21.6. The molecule has 3 N–H and O–H groups in total. The number of aromatic nitrogens is 2. The number of rotatable bonds is 3. The zero-order valence-electron chi connectivity index (χ0n) is 18.0. The molecule has 7 nitrogen and oxygen atoms in total. The van der Waals surface area contributed by atoms with E-state index >= 15 is 4.39 Å². The smallest absolute Gasteiger partial charge is 0.234 e. The van der Waals surface area contributed by atoms with Crippen molar-refractivity contribution in [1.82, 2.24) is 15.3 Å². The number of hydrogen-bond acceptors (Lipinski definition) is 8. The highest BCUT2D eigenvalue weighted by atomic mass is 35.5. The predicted octanol–water partition coefficient (Wildman–Crippen LogP) is 4.48. The molecule has 1 aliphatic rings. The Morgan fingerprint density at radius 3 is 2.73 bits per heavy atom. The number of nitrogens with zero attached hydrogens (tertiary/aromatic N) is 4. The number of pyridine rings is 1. The number of nitrogen functional groups attached to an aromatic ring is 1. The summed E-state index contributed by atoms with van der Waals surface area (Å²) < 4.78 is 22.5. The summed E-state index contributed by atoms with van der Waals surface area (Å²) in [4.78, 5) is 10.9. The Balaban J connectivity index is 1.85. The Morgan fingerprint density at radius 2 is 2.03 bits per heavy atom. The molecule has 5 rings (SSSR count). The van der Waals surface area contributed by atoms with Crippen LogP contribution in [0, 0.1) is 24.1 Å². The summed E-state index contributed by atoms with van der Waals surface area (Å²) in [6.07, 6.45) is 0. The molecule has 1 aliphatic heterocycles. The molecule has 2 aromatic carbocycles. The van der Waals surface area contributed by atoms with Crippen molar-refractivity contribution in [3.8, 4) is 23.1 Å². The molecule has 0 unspecified atom stereocenters. The molecule has 3 heterocycles. The highest BCUT2D eigenvalue weighted by Gasteiger charge is 2.27. The van der Waals surface area contributed by atoms with Gasteiger partial charge in [0.1, 0.15) is 17.1 Å². The topological polar surface area (TPSA) is 100 Å². The van der Waals surface area contributed by atoms with Crippen LogP contribution in [0.25, 0.3) is 32.2 Å². The van der Waals surface area contributed by atoms with Crippen LogP contribution >= 0.6 is 22.9 Å². The number of anilines is 2. The fourth-order valence-corrected chi connectivity index (χ4v) is 5.48. The maximum absolute atomic E-state index is 16.2. The van der Waals surface area contributed by atoms with Gasteiger partial charge >= 0.3 is 0 Å². The van der Waals surface area contributed by atoms with Gasteiger partial charge in [0.2, 0.25) is 5.88 Å². The lowest BCUT2D eigenvalue weighted by molar-refractivity contribution is 0.397. The van der Waals surface area contributed by atoms with Gasteiger partial charge in [0.05, 0.1) is 28.0 Å². The van der Waals surface area contributed by atoms with Crippen LogP contribution in [0.1, 0.15) is 11.1 Å². The minimum Gasteiger partial charge on any atom is -0.480 e. The molecule has 1 saturated heterocycles. The number of methoxy groups -OCH3 is 1. The van der Waals surface area contributed by atoms with Crippen molar-refractivity contribution in [3.63, 3.8) is 0 Å². The summed E-state index contributed by atoms with van der Waals surface area (Å²) in [5.74, 6) is -0.508. The minimum atomic E-state index is -0.589. The average Bonchev–Trinajstić information content (AvgIpc) is 3.22. The van der Waals surface area contributed by atoms with E-state index in [9.17, 15) is 5.26 Å². The van der Waals surface area contributed by atoms with Crippen LogP contribution < -0.4 is 20.7 Å². The molecule has 0 radical (unpaired) electrons. The van der Waals surface area contributed by atoms with Gasteiger partial charge in [-0.1, -0.05) is 35.1 Å². The largest absolute Gasteiger partial charge is 0.480 e. The van der Waals surface area contributed by atoms with E-state index in [2.05, 4.69) is 21.4 Å². The third-order valence-corrected chi connectivity index (χ3v) is 7.19. The summed E-state index contributed by atoms with van der Waals surface area (Å²) in [5.41, 5.74) is 9.24. The molecule has 0 bridgehead atoms. The van der Waals surface area contributed by atoms with Crippen LogP contribution in [-0.4, -0.2) is 43.3 Å². The summed E-state index contributed by atoms with van der Waals surface area (Å²) in [6.45, 7) is 4.77. The van der Waals surface area contributed by atoms with Gasteiger partial charge in [-0.15, -0.1) is 0 Å². The highest BCUT2D eigenvalue weighted by molar-refractivity contribution is 7.22. The first-order chi connectivity index (χ1) is 15.9. The second-order valence-electron chi connectivity index (χ2n) is 7.80. The SMILES string of the molecule is COc1nc2c(F)c(-c3ccc(C)c4sc(N)nc34)c(Cl)cc2c(N2CCNCC2)c1C#N. The fraction of sp³-hybridized carbons (Fsp3) is 0.261. The van der Waals surface area contributed by atoms with Crippen LogP contribution in [0.4, 0.5) is 15.2 Å². The molecule has 0 atom stereocenters. The number of hydrogen-bond donors (Lipinski definition) is 2. The monoisotopic (exact) mass is 482 g/mol. The number of thiazole rings is 1. The molecule has 2 aromatic heterocycles. The van der Waals surface area contributed by atoms with Gasteiger partial charge in [-0.2, -0.15) is 5.26 Å². The van der Waals surface area contributed by atoms with Gasteiger partial charge in [-0.25, -0.2) is 14.4 Å². The summed E-state index contributed by atoms with van der Waals surface area (Å²) in [7, 11) is 1.42. The second kappa shape index (κ2) is 8.30. The number of nitrogens with two attached hydrogens (primary N) is 1. The van der Waals surface area contributed by atoms with Gasteiger partial charge in [0, 0.05) is 42.7 Å². The fourth-order valence-electron chi connectivity index (χ4n) is 4.36. The lowest BCUT2D eigenvalue weighted by atomic mass is 9.98. The maximum Gasteiger partial charge on any atom is 0.234 e. The van der Waals surface area contributed by atoms with Crippen molar-refractivity contribution >= 4 is 54.9 Å². The minimum absolute atomic E-state index is 0.0812. The zero-order valence-corrected chi connectivity index (χ0v) is 19.6. The number of fused-ring (bicyclic) bond motifs is 2. The normalized spacial score (nSPS) is 14.1. The third-order valence-electron chi connectivity index (χ3n) is 5.88. The molecule has 33 heavy (non-hydrogen) atoms. The number of benzene rings is 2. The third kappa shape index (κ3) is 3.42. The van der Waals surface area contributed by atoms with E-state index in [-0.39, 0.29) is 27.5 Å². The molecule has 0 amide bonds. The van der Waals surface area contributed by atoms with Gasteiger partial charge in [0.15, 0.2) is 10.9 Å². The molecule has 0 spiro atoms. The molecule has 1 fully saturated rings. The van der Waals surface area contributed by atoms with Gasteiger partial charge in [0.25, 0.3) is 0 Å². The summed E-state index contributed by atoms with van der Waals surface area (Å²) in [6, 6.07) is 7.56. The molecular weight excluding hydrogens is 463 g/mol. The number of halogens is 2. The zero-order chi connectivity index (χ0) is 23.3. The number of ether oxygens (including phenoxy) is 1. The Kier molecular flexibility index (Phi) is 5.44. The Labute approximate surface area is 198 Å². The van der Waals surface area contributed by atoms with Crippen molar-refractivity contribution < 1.29 is 9.13 Å². The van der Waals surface area contributed by atoms with Crippen molar-refractivity contribution in [3.05, 3.63) is 40.2 Å². The lowest BCUT2D eigenvalue weighted by Crippen LogP contribution is -2.44. The number of aryl methyl sites for hydroxylation is 1. The molecule has 4 aromatic rings. The summed E-state index contributed by atoms with van der Waals surface area (Å²) in [5, 5.41) is 14.3. The second-order valence-corrected chi connectivity index (χ2v) is 9.23. The average molecular weight is 483 g/mol. The van der Waals surface area contributed by atoms with Crippen LogP contribution in [0.5, 0.6) is 5.88 Å². The van der Waals surface area contributed by atoms with Crippen molar-refractivity contribution in [2.75, 3.05) is 43.9 Å². The van der Waals surface area contributed by atoms with E-state index in [4.69, 9.17) is 22.1 Å². The van der Waals surface area contributed by atoms with Gasteiger partial charge < -0.3 is 20.7 Å². The van der Waals surface area contributed by atoms with E-state index < -0.39 is 5.82 Å². The summed E-state index contributed by atoms with van der Waals surface area (Å²) >= 11 is 8.05. The van der Waals surface area contributed by atoms with Crippen molar-refractivity contribution in [2.24, 2.45) is 0 Å². The Hall–Kier alpha value is -3.19. The van der Waals surface area contributed by atoms with E-state index in [1.807, 2.05) is 17.9 Å². The molecule has 10 heteroatoms. The maximum atomic E-state index is 16.2. The number of piperazine rings is 1. The van der Waals surface area contributed by atoms with E-state index in [0.29, 0.717) is 40.4 Å². The first-order valence-electron chi connectivity index (χ1n) is 10.4. The molecule has 0 saturated carbocycles. The standard InChI is InChI=1S/C23H20ClFN6OS/c1-11-3-4-12(19-21(11)33-23(27)30-19)16-15(24)9-13-18(17(16)25)29-22(32-2)14(10-26)20(13)31-7-5-28-6-8-31/h3-4,9,28H,5-8H2,1-2H3,(H2,27,30). The van der Waals surface area contributed by atoms with Crippen LogP contribution in [0.3, 0.4) is 0 Å². The molecular formula is C23H20ClFN6OS. The van der Waals surface area contributed by atoms with Crippen LogP contribution in [-0.2, 0) is 0 Å². The first-order valence-corrected chi connectivity index (χ1v) is 11.6. The van der Waals surface area contributed by atoms with Crippen molar-refractivity contribution in [2.45, 2.75) is 6.92 Å². The van der Waals surface area contributed by atoms with E-state index in [0.717, 1.165) is 23.4 Å². The highest BCUT2D eigenvalue weighted by Crippen LogP contribution is 2.44. The number of nitrogens with one attached hydrogen (secondary N) is 1. The van der Waals surface area contributed by atoms with E-state index in [1.54, 1.807) is 12.1 Å².